The van der Waals surface area contributed by atoms with Gasteiger partial charge in [-0.25, -0.2) is 4.39 Å². The number of halogens is 1. The van der Waals surface area contributed by atoms with Gasteiger partial charge in [0.15, 0.2) is 0 Å². The van der Waals surface area contributed by atoms with Crippen molar-refractivity contribution in [1.29, 1.82) is 0 Å². The summed E-state index contributed by atoms with van der Waals surface area (Å²) in [5, 5.41) is 7.38. The van der Waals surface area contributed by atoms with Crippen LogP contribution >= 0.6 is 0 Å². The maximum Gasteiger partial charge on any atom is 0.131 e. The molecular formula is C14H18FN3O. The zero-order valence-electron chi connectivity index (χ0n) is 11.2. The standard InChI is InChI=1S/C14H18FN3O/c1-11-8-17-18(10-11)6-5-16-9-12-3-4-13(19-2)7-14(12)15/h3-4,7-8,10,16H,5-6,9H2,1-2H3. The third-order valence-electron chi connectivity index (χ3n) is 2.86. The average Bonchev–Trinajstić information content (AvgIpc) is 2.82. The molecule has 0 saturated carbocycles. The summed E-state index contributed by atoms with van der Waals surface area (Å²) in [7, 11) is 1.53. The number of methoxy groups -OCH3 is 1. The van der Waals surface area contributed by atoms with E-state index in [2.05, 4.69) is 10.4 Å². The molecule has 0 aliphatic rings. The Morgan fingerprint density at radius 2 is 2.26 bits per heavy atom. The first kappa shape index (κ1) is 13.5. The Labute approximate surface area is 112 Å². The lowest BCUT2D eigenvalue weighted by molar-refractivity contribution is 0.410. The van der Waals surface area contributed by atoms with Crippen LogP contribution in [0, 0.1) is 12.7 Å². The summed E-state index contributed by atoms with van der Waals surface area (Å²) in [6, 6.07) is 4.89. The molecule has 5 heteroatoms. The van der Waals surface area contributed by atoms with Gasteiger partial charge in [0.05, 0.1) is 19.9 Å². The van der Waals surface area contributed by atoms with Gasteiger partial charge in [0, 0.05) is 30.9 Å². The van der Waals surface area contributed by atoms with Crippen LogP contribution < -0.4 is 10.1 Å². The van der Waals surface area contributed by atoms with Gasteiger partial charge in [-0.2, -0.15) is 5.10 Å². The van der Waals surface area contributed by atoms with Crippen molar-refractivity contribution in [2.75, 3.05) is 13.7 Å². The quantitative estimate of drug-likeness (QED) is 0.811. The molecule has 1 aromatic carbocycles. The van der Waals surface area contributed by atoms with Gasteiger partial charge in [0.1, 0.15) is 11.6 Å². The Bertz CT molecular complexity index is 539. The molecule has 102 valence electrons. The molecule has 0 saturated heterocycles. The van der Waals surface area contributed by atoms with Crippen molar-refractivity contribution >= 4 is 0 Å². The molecule has 0 amide bonds. The summed E-state index contributed by atoms with van der Waals surface area (Å²) in [5.41, 5.74) is 1.78. The molecule has 0 spiro atoms. The highest BCUT2D eigenvalue weighted by molar-refractivity contribution is 5.28. The molecule has 0 atom stereocenters. The van der Waals surface area contributed by atoms with E-state index in [1.165, 1.54) is 13.2 Å². The van der Waals surface area contributed by atoms with Gasteiger partial charge >= 0.3 is 0 Å². The molecule has 19 heavy (non-hydrogen) atoms. The molecule has 2 aromatic rings. The van der Waals surface area contributed by atoms with Crippen molar-refractivity contribution < 1.29 is 9.13 Å². The second kappa shape index (κ2) is 6.33. The third kappa shape index (κ3) is 3.79. The Hall–Kier alpha value is -1.88. The van der Waals surface area contributed by atoms with E-state index in [0.717, 1.165) is 18.7 Å². The Balaban J connectivity index is 1.79. The van der Waals surface area contributed by atoms with E-state index in [0.29, 0.717) is 17.9 Å². The molecule has 0 bridgehead atoms. The first-order valence-corrected chi connectivity index (χ1v) is 6.21. The van der Waals surface area contributed by atoms with E-state index in [1.807, 2.05) is 24.0 Å². The molecule has 0 unspecified atom stereocenters. The van der Waals surface area contributed by atoms with Crippen LogP contribution in [0.4, 0.5) is 4.39 Å². The SMILES string of the molecule is COc1ccc(CNCCn2cc(C)cn2)c(F)c1. The number of rotatable bonds is 6. The van der Waals surface area contributed by atoms with Crippen LogP contribution in [0.5, 0.6) is 5.75 Å². The van der Waals surface area contributed by atoms with Crippen LogP contribution in [-0.4, -0.2) is 23.4 Å². The number of nitrogens with zero attached hydrogens (tertiary/aromatic N) is 2. The van der Waals surface area contributed by atoms with Crippen molar-refractivity contribution in [2.45, 2.75) is 20.0 Å². The largest absolute Gasteiger partial charge is 0.497 e. The number of nitrogens with one attached hydrogen (secondary N) is 1. The number of ether oxygens (including phenoxy) is 1. The van der Waals surface area contributed by atoms with E-state index >= 15 is 0 Å². The van der Waals surface area contributed by atoms with Crippen LogP contribution in [0.15, 0.2) is 30.6 Å². The highest BCUT2D eigenvalue weighted by atomic mass is 19.1. The average molecular weight is 263 g/mol. The third-order valence-corrected chi connectivity index (χ3v) is 2.86. The number of hydrogen-bond donors (Lipinski definition) is 1. The summed E-state index contributed by atoms with van der Waals surface area (Å²) in [4.78, 5) is 0. The molecule has 0 fully saturated rings. The molecule has 4 nitrogen and oxygen atoms in total. The van der Waals surface area contributed by atoms with Crippen molar-refractivity contribution in [3.05, 3.63) is 47.5 Å². The van der Waals surface area contributed by atoms with Crippen LogP contribution in [0.2, 0.25) is 0 Å². The number of hydrogen-bond acceptors (Lipinski definition) is 3. The monoisotopic (exact) mass is 263 g/mol. The van der Waals surface area contributed by atoms with Gasteiger partial charge < -0.3 is 10.1 Å². The summed E-state index contributed by atoms with van der Waals surface area (Å²) in [6.45, 7) is 4.01. The minimum Gasteiger partial charge on any atom is -0.497 e. The molecule has 0 radical (unpaired) electrons. The van der Waals surface area contributed by atoms with Crippen molar-refractivity contribution in [3.63, 3.8) is 0 Å². The highest BCUT2D eigenvalue weighted by Crippen LogP contribution is 2.15. The van der Waals surface area contributed by atoms with Crippen LogP contribution in [-0.2, 0) is 13.1 Å². The topological polar surface area (TPSA) is 39.1 Å². The molecule has 0 aliphatic heterocycles. The lowest BCUT2D eigenvalue weighted by Gasteiger charge is -2.07. The summed E-state index contributed by atoms with van der Waals surface area (Å²) in [5.74, 6) is 0.287. The minimum absolute atomic E-state index is 0.248. The Kier molecular flexibility index (Phi) is 4.52. The van der Waals surface area contributed by atoms with E-state index in [9.17, 15) is 4.39 Å². The predicted molar refractivity (Wildman–Crippen MR) is 71.6 cm³/mol. The molecular weight excluding hydrogens is 245 g/mol. The van der Waals surface area contributed by atoms with Gasteiger partial charge in [-0.1, -0.05) is 6.07 Å². The fourth-order valence-corrected chi connectivity index (χ4v) is 1.80. The summed E-state index contributed by atoms with van der Waals surface area (Å²) in [6.07, 6.45) is 3.80. The molecule has 1 aromatic heterocycles. The van der Waals surface area contributed by atoms with E-state index in [1.54, 1.807) is 12.1 Å². The van der Waals surface area contributed by atoms with E-state index in [4.69, 9.17) is 4.74 Å². The van der Waals surface area contributed by atoms with Crippen molar-refractivity contribution in [2.24, 2.45) is 0 Å². The van der Waals surface area contributed by atoms with Crippen molar-refractivity contribution in [1.82, 2.24) is 15.1 Å². The van der Waals surface area contributed by atoms with E-state index < -0.39 is 0 Å². The second-order valence-corrected chi connectivity index (χ2v) is 4.41. The van der Waals surface area contributed by atoms with Gasteiger partial charge in [-0.3, -0.25) is 4.68 Å². The summed E-state index contributed by atoms with van der Waals surface area (Å²) >= 11 is 0. The molecule has 1 N–H and O–H groups in total. The number of aryl methyl sites for hydroxylation is 1. The van der Waals surface area contributed by atoms with Crippen LogP contribution in [0.25, 0.3) is 0 Å². The maximum atomic E-state index is 13.7. The fraction of sp³-hybridized carbons (Fsp3) is 0.357. The van der Waals surface area contributed by atoms with Crippen LogP contribution in [0.3, 0.4) is 0 Å². The first-order chi connectivity index (χ1) is 9.19. The van der Waals surface area contributed by atoms with Gasteiger partial charge in [0.25, 0.3) is 0 Å². The molecule has 1 heterocycles. The lowest BCUT2D eigenvalue weighted by atomic mass is 10.2. The van der Waals surface area contributed by atoms with Crippen molar-refractivity contribution in [3.8, 4) is 5.75 Å². The van der Waals surface area contributed by atoms with Crippen LogP contribution in [0.1, 0.15) is 11.1 Å². The zero-order valence-corrected chi connectivity index (χ0v) is 11.2. The minimum atomic E-state index is -0.248. The zero-order chi connectivity index (χ0) is 13.7. The Morgan fingerprint density at radius 1 is 1.42 bits per heavy atom. The first-order valence-electron chi connectivity index (χ1n) is 6.21. The summed E-state index contributed by atoms with van der Waals surface area (Å²) < 4.78 is 20.5. The maximum absolute atomic E-state index is 13.7. The van der Waals surface area contributed by atoms with Gasteiger partial charge in [-0.15, -0.1) is 0 Å². The second-order valence-electron chi connectivity index (χ2n) is 4.41. The van der Waals surface area contributed by atoms with E-state index in [-0.39, 0.29) is 5.82 Å². The van der Waals surface area contributed by atoms with Gasteiger partial charge in [0.2, 0.25) is 0 Å². The lowest BCUT2D eigenvalue weighted by Crippen LogP contribution is -2.20. The smallest absolute Gasteiger partial charge is 0.131 e. The van der Waals surface area contributed by atoms with Gasteiger partial charge in [-0.05, 0) is 18.6 Å². The molecule has 0 aliphatic carbocycles. The number of aromatic nitrogens is 2. The highest BCUT2D eigenvalue weighted by Gasteiger charge is 2.03. The molecule has 2 rings (SSSR count). The number of benzene rings is 1. The fourth-order valence-electron chi connectivity index (χ4n) is 1.80. The Morgan fingerprint density at radius 3 is 2.89 bits per heavy atom. The predicted octanol–water partition coefficient (Wildman–Crippen LogP) is 2.13. The normalized spacial score (nSPS) is 10.7.